The van der Waals surface area contributed by atoms with Crippen molar-refractivity contribution >= 4 is 23.1 Å². The van der Waals surface area contributed by atoms with Crippen molar-refractivity contribution in [1.29, 1.82) is 5.26 Å². The molecule has 0 saturated carbocycles. The van der Waals surface area contributed by atoms with Crippen LogP contribution in [-0.2, 0) is 0 Å². The molecule has 2 atom stereocenters. The summed E-state index contributed by atoms with van der Waals surface area (Å²) in [4.78, 5) is 0. The van der Waals surface area contributed by atoms with E-state index in [0.29, 0.717) is 5.56 Å². The Labute approximate surface area is 182 Å². The first-order valence-corrected chi connectivity index (χ1v) is 10.3. The Bertz CT molecular complexity index is 1610. The maximum atomic E-state index is 9.06. The molecule has 0 saturated heterocycles. The van der Waals surface area contributed by atoms with Crippen LogP contribution in [0.4, 0.5) is 0 Å². The van der Waals surface area contributed by atoms with Crippen LogP contribution in [-0.4, -0.2) is 35.0 Å². The average Bonchev–Trinajstić information content (AvgIpc) is 3.61. The first-order valence-electron chi connectivity index (χ1n) is 10.3. The number of aromatic amines is 1. The second-order valence-corrected chi connectivity index (χ2v) is 7.88. The van der Waals surface area contributed by atoms with E-state index in [1.165, 1.54) is 0 Å². The van der Waals surface area contributed by atoms with Gasteiger partial charge in [0.2, 0.25) is 0 Å². The number of nitrogens with zero attached hydrogens (tertiary/aromatic N) is 7. The molecule has 6 rings (SSSR count). The Hall–Kier alpha value is -4.51. The molecule has 0 aliphatic heterocycles. The Kier molecular flexibility index (Phi) is 4.01. The molecule has 8 heteroatoms. The highest BCUT2D eigenvalue weighted by atomic mass is 15.4. The standard InChI is InChI=1S/C24H18N8/c1-15(17-4-2-16(13-25)3-5-17)31-23(8-9-27-31)19-10-22-24(11-19)32(30-29-22)20-7-6-18-14-26-28-21(18)12-20/h2-12,14-15,19H,1H3,(H,26,28). The quantitative estimate of drug-likeness (QED) is 0.482. The van der Waals surface area contributed by atoms with Gasteiger partial charge in [0.1, 0.15) is 5.35 Å². The first-order chi connectivity index (χ1) is 15.7. The van der Waals surface area contributed by atoms with E-state index >= 15 is 0 Å². The summed E-state index contributed by atoms with van der Waals surface area (Å²) in [5, 5.41) is 32.4. The molecular weight excluding hydrogens is 400 g/mol. The van der Waals surface area contributed by atoms with Gasteiger partial charge in [-0.3, -0.25) is 9.78 Å². The molecule has 0 radical (unpaired) electrons. The Morgan fingerprint density at radius 1 is 1.09 bits per heavy atom. The lowest BCUT2D eigenvalue weighted by molar-refractivity contribution is 0.542. The number of aromatic nitrogens is 7. The molecule has 1 aliphatic rings. The second kappa shape index (κ2) is 7.03. The van der Waals surface area contributed by atoms with Crippen LogP contribution in [0.1, 0.15) is 35.7 Å². The van der Waals surface area contributed by atoms with Gasteiger partial charge in [-0.25, -0.2) is 4.68 Å². The average molecular weight is 418 g/mol. The van der Waals surface area contributed by atoms with Crippen LogP contribution < -0.4 is 10.7 Å². The number of nitriles is 1. The number of nitrogens with one attached hydrogen (secondary N) is 1. The van der Waals surface area contributed by atoms with E-state index < -0.39 is 0 Å². The van der Waals surface area contributed by atoms with E-state index in [2.05, 4.69) is 50.8 Å². The monoisotopic (exact) mass is 418 g/mol. The molecular formula is C24H18N8. The predicted molar refractivity (Wildman–Crippen MR) is 119 cm³/mol. The van der Waals surface area contributed by atoms with Gasteiger partial charge in [0.15, 0.2) is 0 Å². The predicted octanol–water partition coefficient (Wildman–Crippen LogP) is 2.18. The Morgan fingerprint density at radius 3 is 2.81 bits per heavy atom. The normalized spacial score (nSPS) is 15.7. The van der Waals surface area contributed by atoms with Crippen molar-refractivity contribution in [3.05, 3.63) is 88.4 Å². The zero-order chi connectivity index (χ0) is 21.7. The van der Waals surface area contributed by atoms with Crippen LogP contribution in [0.25, 0.3) is 28.7 Å². The van der Waals surface area contributed by atoms with Crippen LogP contribution >= 0.6 is 0 Å². The summed E-state index contributed by atoms with van der Waals surface area (Å²) in [6, 6.07) is 17.9. The third-order valence-electron chi connectivity index (χ3n) is 6.01. The van der Waals surface area contributed by atoms with Crippen molar-refractivity contribution in [2.24, 2.45) is 0 Å². The van der Waals surface area contributed by atoms with E-state index in [9.17, 15) is 0 Å². The van der Waals surface area contributed by atoms with Crippen LogP contribution in [0.15, 0.2) is 60.9 Å². The SMILES string of the molecule is CC(c1ccc(C#N)cc1)n1nccc1C1C=c2nnn(-c3ccc4cn[nH]c4c3)c2=C1. The summed E-state index contributed by atoms with van der Waals surface area (Å²) < 4.78 is 3.89. The third-order valence-corrected chi connectivity index (χ3v) is 6.01. The van der Waals surface area contributed by atoms with Crippen LogP contribution in [0.3, 0.4) is 0 Å². The van der Waals surface area contributed by atoms with E-state index in [0.717, 1.165) is 38.5 Å². The van der Waals surface area contributed by atoms with Crippen molar-refractivity contribution in [3.8, 4) is 11.8 Å². The van der Waals surface area contributed by atoms with Gasteiger partial charge in [0.25, 0.3) is 0 Å². The van der Waals surface area contributed by atoms with Gasteiger partial charge in [-0.2, -0.15) is 15.5 Å². The van der Waals surface area contributed by atoms with Crippen molar-refractivity contribution < 1.29 is 0 Å². The maximum Gasteiger partial charge on any atom is 0.110 e. The minimum absolute atomic E-state index is 0.0329. The van der Waals surface area contributed by atoms with Gasteiger partial charge in [-0.15, -0.1) is 5.10 Å². The fraction of sp³-hybridized carbons (Fsp3) is 0.125. The number of fused-ring (bicyclic) bond motifs is 2. The molecule has 0 bridgehead atoms. The Morgan fingerprint density at radius 2 is 1.97 bits per heavy atom. The zero-order valence-electron chi connectivity index (χ0n) is 17.2. The number of H-pyrrole nitrogens is 1. The number of benzene rings is 2. The van der Waals surface area contributed by atoms with E-state index in [1.54, 1.807) is 6.20 Å². The van der Waals surface area contributed by atoms with Crippen molar-refractivity contribution in [1.82, 2.24) is 35.0 Å². The van der Waals surface area contributed by atoms with Gasteiger partial charge in [-0.05, 0) is 61.0 Å². The zero-order valence-corrected chi connectivity index (χ0v) is 17.2. The molecule has 8 nitrogen and oxygen atoms in total. The Balaban J connectivity index is 1.37. The molecule has 32 heavy (non-hydrogen) atoms. The number of hydrogen-bond donors (Lipinski definition) is 1. The second-order valence-electron chi connectivity index (χ2n) is 7.88. The summed E-state index contributed by atoms with van der Waals surface area (Å²) in [7, 11) is 0. The highest BCUT2D eigenvalue weighted by Crippen LogP contribution is 2.26. The number of hydrogen-bond acceptors (Lipinski definition) is 5. The van der Waals surface area contributed by atoms with E-state index in [4.69, 9.17) is 5.26 Å². The molecule has 1 aliphatic carbocycles. The minimum Gasteiger partial charge on any atom is -0.278 e. The van der Waals surface area contributed by atoms with Crippen LogP contribution in [0.5, 0.6) is 0 Å². The molecule has 2 aromatic carbocycles. The molecule has 2 unspecified atom stereocenters. The topological polar surface area (TPSA) is 101 Å². The van der Waals surface area contributed by atoms with Gasteiger partial charge in [-0.1, -0.05) is 17.3 Å². The lowest BCUT2D eigenvalue weighted by Gasteiger charge is -2.18. The first kappa shape index (κ1) is 18.3. The fourth-order valence-corrected chi connectivity index (χ4v) is 4.27. The molecule has 3 aromatic heterocycles. The van der Waals surface area contributed by atoms with E-state index in [-0.39, 0.29) is 12.0 Å². The molecule has 0 amide bonds. The smallest absolute Gasteiger partial charge is 0.110 e. The highest BCUT2D eigenvalue weighted by Gasteiger charge is 2.21. The third kappa shape index (κ3) is 2.83. The molecule has 0 spiro atoms. The molecule has 3 heterocycles. The van der Waals surface area contributed by atoms with Crippen molar-refractivity contribution in [2.45, 2.75) is 18.9 Å². The van der Waals surface area contributed by atoms with Gasteiger partial charge in [0.05, 0.1) is 40.4 Å². The summed E-state index contributed by atoms with van der Waals surface area (Å²) >= 11 is 0. The van der Waals surface area contributed by atoms with Crippen molar-refractivity contribution in [3.63, 3.8) is 0 Å². The lowest BCUT2D eigenvalue weighted by atomic mass is 10.0. The molecule has 0 fully saturated rings. The summed E-state index contributed by atoms with van der Waals surface area (Å²) in [6.45, 7) is 2.11. The van der Waals surface area contributed by atoms with Gasteiger partial charge >= 0.3 is 0 Å². The molecule has 5 aromatic rings. The minimum atomic E-state index is 0.0329. The van der Waals surface area contributed by atoms with Crippen molar-refractivity contribution in [2.75, 3.05) is 0 Å². The largest absolute Gasteiger partial charge is 0.278 e. The van der Waals surface area contributed by atoms with E-state index in [1.807, 2.05) is 64.1 Å². The summed E-state index contributed by atoms with van der Waals surface area (Å²) in [6.07, 6.45) is 7.92. The van der Waals surface area contributed by atoms with Crippen LogP contribution in [0, 0.1) is 11.3 Å². The number of rotatable bonds is 4. The summed E-state index contributed by atoms with van der Waals surface area (Å²) in [5.41, 5.74) is 4.72. The van der Waals surface area contributed by atoms with Crippen LogP contribution in [0.2, 0.25) is 0 Å². The summed E-state index contributed by atoms with van der Waals surface area (Å²) in [5.74, 6) is 0.0426. The molecule has 154 valence electrons. The maximum absolute atomic E-state index is 9.06. The highest BCUT2D eigenvalue weighted by molar-refractivity contribution is 5.80. The molecule has 1 N–H and O–H groups in total. The van der Waals surface area contributed by atoms with Gasteiger partial charge in [0, 0.05) is 23.2 Å². The lowest BCUT2D eigenvalue weighted by Crippen LogP contribution is -2.26. The van der Waals surface area contributed by atoms with Gasteiger partial charge < -0.3 is 0 Å². The fourth-order valence-electron chi connectivity index (χ4n) is 4.27.